The largest absolute Gasteiger partial charge is 0.298 e. The number of unbranched alkanes of at least 4 members (excludes halogenated alkanes) is 1. The molecule has 0 bridgehead atoms. The Morgan fingerprint density at radius 2 is 2.05 bits per heavy atom. The fraction of sp³-hybridized carbons (Fsp3) is 0.500. The van der Waals surface area contributed by atoms with E-state index < -0.39 is 0 Å². The quantitative estimate of drug-likeness (QED) is 0.904. The second-order valence-electron chi connectivity index (χ2n) is 4.94. The average Bonchev–Trinajstić information content (AvgIpc) is 2.87. The molecule has 114 valence electrons. The van der Waals surface area contributed by atoms with Gasteiger partial charge in [0.2, 0.25) is 0 Å². The molecule has 2 aromatic rings. The van der Waals surface area contributed by atoms with Crippen LogP contribution in [-0.2, 0) is 6.54 Å². The first-order valence-electron chi connectivity index (χ1n) is 6.92. The topological polar surface area (TPSA) is 59.8 Å². The van der Waals surface area contributed by atoms with Gasteiger partial charge in [-0.2, -0.15) is 5.10 Å². The highest BCUT2D eigenvalue weighted by Crippen LogP contribution is 2.25. The summed E-state index contributed by atoms with van der Waals surface area (Å²) in [5.41, 5.74) is 1.99. The number of nitrogens with zero attached hydrogens (tertiary/aromatic N) is 3. The molecule has 0 atom stereocenters. The number of nitrogens with one attached hydrogen (secondary N) is 1. The lowest BCUT2D eigenvalue weighted by atomic mass is 10.2. The van der Waals surface area contributed by atoms with Gasteiger partial charge in [0.1, 0.15) is 5.15 Å². The molecule has 0 fully saturated rings. The average molecular weight is 327 g/mol. The maximum Gasteiger partial charge on any atom is 0.262 e. The number of carbonyl (C=O) groups is 1. The molecule has 0 aromatic carbocycles. The zero-order valence-corrected chi connectivity index (χ0v) is 14.2. The van der Waals surface area contributed by atoms with Crippen molar-refractivity contribution < 1.29 is 4.79 Å². The molecular formula is C14H19ClN4OS. The number of hydrogen-bond donors (Lipinski definition) is 1. The Labute approximate surface area is 133 Å². The molecule has 0 radical (unpaired) electrons. The fourth-order valence-corrected chi connectivity index (χ4v) is 3.11. The molecule has 0 aliphatic rings. The van der Waals surface area contributed by atoms with E-state index in [1.165, 1.54) is 11.3 Å². The van der Waals surface area contributed by atoms with E-state index in [2.05, 4.69) is 22.3 Å². The van der Waals surface area contributed by atoms with Gasteiger partial charge in [-0.3, -0.25) is 14.8 Å². The van der Waals surface area contributed by atoms with Gasteiger partial charge >= 0.3 is 0 Å². The predicted octanol–water partition coefficient (Wildman–Crippen LogP) is 3.97. The van der Waals surface area contributed by atoms with Crippen molar-refractivity contribution in [3.8, 4) is 0 Å². The summed E-state index contributed by atoms with van der Waals surface area (Å²) >= 11 is 7.74. The molecule has 0 saturated carbocycles. The molecule has 7 heteroatoms. The molecular weight excluding hydrogens is 308 g/mol. The van der Waals surface area contributed by atoms with Crippen molar-refractivity contribution in [2.75, 3.05) is 5.32 Å². The van der Waals surface area contributed by atoms with Crippen molar-refractivity contribution in [2.24, 2.45) is 0 Å². The van der Waals surface area contributed by atoms with Gasteiger partial charge in [-0.05, 0) is 27.2 Å². The Morgan fingerprint density at radius 1 is 1.33 bits per heavy atom. The van der Waals surface area contributed by atoms with Crippen LogP contribution in [0.4, 0.5) is 5.13 Å². The summed E-state index contributed by atoms with van der Waals surface area (Å²) in [5.74, 6) is -0.256. The van der Waals surface area contributed by atoms with Crippen LogP contribution >= 0.6 is 22.9 Å². The number of halogens is 1. The molecule has 0 unspecified atom stereocenters. The van der Waals surface area contributed by atoms with Gasteiger partial charge < -0.3 is 0 Å². The molecule has 2 aromatic heterocycles. The van der Waals surface area contributed by atoms with Crippen molar-refractivity contribution in [1.29, 1.82) is 0 Å². The normalized spacial score (nSPS) is 10.9. The zero-order chi connectivity index (χ0) is 15.6. The van der Waals surface area contributed by atoms with E-state index in [1.54, 1.807) is 11.6 Å². The minimum absolute atomic E-state index is 0.256. The van der Waals surface area contributed by atoms with E-state index in [9.17, 15) is 4.79 Å². The van der Waals surface area contributed by atoms with Crippen LogP contribution in [0.25, 0.3) is 0 Å². The molecule has 1 N–H and O–H groups in total. The van der Waals surface area contributed by atoms with E-state index in [0.29, 0.717) is 21.5 Å². The van der Waals surface area contributed by atoms with Crippen LogP contribution in [0, 0.1) is 20.8 Å². The third-order valence-electron chi connectivity index (χ3n) is 3.26. The van der Waals surface area contributed by atoms with Crippen LogP contribution in [-0.4, -0.2) is 20.7 Å². The Balaban J connectivity index is 2.20. The lowest BCUT2D eigenvalue weighted by molar-refractivity contribution is 0.102. The lowest BCUT2D eigenvalue weighted by Gasteiger charge is -2.03. The first-order chi connectivity index (χ1) is 9.93. The third kappa shape index (κ3) is 3.44. The van der Waals surface area contributed by atoms with Crippen molar-refractivity contribution in [2.45, 2.75) is 47.1 Å². The number of hydrogen-bond acceptors (Lipinski definition) is 4. The first kappa shape index (κ1) is 16.0. The van der Waals surface area contributed by atoms with Crippen LogP contribution in [0.2, 0.25) is 5.15 Å². The van der Waals surface area contributed by atoms with Crippen LogP contribution in [0.5, 0.6) is 0 Å². The zero-order valence-electron chi connectivity index (χ0n) is 12.7. The van der Waals surface area contributed by atoms with Gasteiger partial charge in [-0.25, -0.2) is 4.98 Å². The van der Waals surface area contributed by atoms with Gasteiger partial charge in [-0.1, -0.05) is 24.9 Å². The summed E-state index contributed by atoms with van der Waals surface area (Å²) in [5, 5.41) is 8.12. The predicted molar refractivity (Wildman–Crippen MR) is 86.4 cm³/mol. The highest BCUT2D eigenvalue weighted by atomic mass is 35.5. The van der Waals surface area contributed by atoms with Crippen LogP contribution in [0.1, 0.15) is 46.4 Å². The number of carbonyl (C=O) groups excluding carboxylic acids is 1. The second-order valence-corrected chi connectivity index (χ2v) is 6.50. The minimum atomic E-state index is -0.256. The van der Waals surface area contributed by atoms with E-state index in [1.807, 2.05) is 13.8 Å². The van der Waals surface area contributed by atoms with E-state index in [-0.39, 0.29) is 5.91 Å². The van der Waals surface area contributed by atoms with Crippen molar-refractivity contribution >= 4 is 34.0 Å². The summed E-state index contributed by atoms with van der Waals surface area (Å²) in [4.78, 5) is 17.8. The molecule has 0 saturated heterocycles. The SMILES string of the molecule is CCCCn1nc(C)c(C(=O)Nc2nc(C)c(C)s2)c1Cl. The standard InChI is InChI=1S/C14H19ClN4OS/c1-5-6-7-19-12(15)11(9(3)18-19)13(20)17-14-16-8(2)10(4)21-14/h5-7H2,1-4H3,(H,16,17,20). The highest BCUT2D eigenvalue weighted by molar-refractivity contribution is 7.15. The Hall–Kier alpha value is -1.40. The molecule has 5 nitrogen and oxygen atoms in total. The fourth-order valence-electron chi connectivity index (χ4n) is 1.95. The Kier molecular flexibility index (Phi) is 5.00. The van der Waals surface area contributed by atoms with Gasteiger partial charge in [-0.15, -0.1) is 11.3 Å². The van der Waals surface area contributed by atoms with Crippen LogP contribution in [0.15, 0.2) is 0 Å². The molecule has 2 rings (SSSR count). The summed E-state index contributed by atoms with van der Waals surface area (Å²) in [6.45, 7) is 8.51. The van der Waals surface area contributed by atoms with Gasteiger partial charge in [0.15, 0.2) is 5.13 Å². The maximum absolute atomic E-state index is 12.4. The van der Waals surface area contributed by atoms with E-state index in [4.69, 9.17) is 11.6 Å². The summed E-state index contributed by atoms with van der Waals surface area (Å²) in [7, 11) is 0. The van der Waals surface area contributed by atoms with Gasteiger partial charge in [0.25, 0.3) is 5.91 Å². The monoisotopic (exact) mass is 326 g/mol. The smallest absolute Gasteiger partial charge is 0.262 e. The van der Waals surface area contributed by atoms with Crippen LogP contribution in [0.3, 0.4) is 0 Å². The van der Waals surface area contributed by atoms with Crippen molar-refractivity contribution in [3.05, 3.63) is 27.0 Å². The van der Waals surface area contributed by atoms with Crippen molar-refractivity contribution in [3.63, 3.8) is 0 Å². The Bertz CT molecular complexity index is 643. The number of thiazole rings is 1. The molecule has 0 spiro atoms. The summed E-state index contributed by atoms with van der Waals surface area (Å²) < 4.78 is 1.69. The number of rotatable bonds is 5. The minimum Gasteiger partial charge on any atom is -0.298 e. The van der Waals surface area contributed by atoms with Gasteiger partial charge in [0.05, 0.1) is 17.0 Å². The summed E-state index contributed by atoms with van der Waals surface area (Å²) in [6.07, 6.45) is 2.03. The maximum atomic E-state index is 12.4. The number of anilines is 1. The van der Waals surface area contributed by atoms with E-state index >= 15 is 0 Å². The molecule has 2 heterocycles. The Morgan fingerprint density at radius 3 is 2.62 bits per heavy atom. The number of aromatic nitrogens is 3. The summed E-state index contributed by atoms with van der Waals surface area (Å²) in [6, 6.07) is 0. The lowest BCUT2D eigenvalue weighted by Crippen LogP contribution is -2.13. The molecule has 21 heavy (non-hydrogen) atoms. The first-order valence-corrected chi connectivity index (χ1v) is 8.11. The third-order valence-corrected chi connectivity index (χ3v) is 4.64. The molecule has 1 amide bonds. The highest BCUT2D eigenvalue weighted by Gasteiger charge is 2.21. The van der Waals surface area contributed by atoms with E-state index in [0.717, 1.165) is 30.0 Å². The molecule has 0 aliphatic heterocycles. The second kappa shape index (κ2) is 6.58. The number of aryl methyl sites for hydroxylation is 4. The van der Waals surface area contributed by atoms with Gasteiger partial charge in [0, 0.05) is 11.4 Å². The molecule has 0 aliphatic carbocycles. The number of amides is 1. The van der Waals surface area contributed by atoms with Crippen molar-refractivity contribution in [1.82, 2.24) is 14.8 Å². The van der Waals surface area contributed by atoms with Crippen LogP contribution < -0.4 is 5.32 Å².